The van der Waals surface area contributed by atoms with Crippen LogP contribution in [0.3, 0.4) is 0 Å². The van der Waals surface area contributed by atoms with Crippen LogP contribution in [0.25, 0.3) is 0 Å². The number of nitriles is 1. The summed E-state index contributed by atoms with van der Waals surface area (Å²) in [7, 11) is 1.55. The fourth-order valence-corrected chi connectivity index (χ4v) is 0.950. The molecule has 0 bridgehead atoms. The second-order valence-corrected chi connectivity index (χ2v) is 2.46. The van der Waals surface area contributed by atoms with Crippen molar-refractivity contribution in [1.29, 1.82) is 5.26 Å². The van der Waals surface area contributed by atoms with Crippen LogP contribution in [0.4, 0.5) is 10.1 Å². The van der Waals surface area contributed by atoms with E-state index in [1.165, 1.54) is 12.3 Å². The summed E-state index contributed by atoms with van der Waals surface area (Å²) >= 11 is 0. The van der Waals surface area contributed by atoms with Gasteiger partial charge in [-0.15, -0.1) is 0 Å². The maximum Gasteiger partial charge on any atom is 0.148 e. The van der Waals surface area contributed by atoms with E-state index in [9.17, 15) is 4.39 Å². The van der Waals surface area contributed by atoms with Gasteiger partial charge < -0.3 is 5.73 Å². The summed E-state index contributed by atoms with van der Waals surface area (Å²) in [6.45, 7) is 0. The molecule has 0 saturated heterocycles. The molecule has 1 aromatic carbocycles. The highest BCUT2D eigenvalue weighted by Crippen LogP contribution is 2.16. The minimum atomic E-state index is -0.589. The topological polar surface area (TPSA) is 62.2 Å². The molecule has 0 aliphatic rings. The Balaban J connectivity index is 3.35. The Hall–Kier alpha value is -1.89. The Morgan fingerprint density at radius 3 is 2.85 bits per heavy atom. The molecule has 0 saturated carbocycles. The molecule has 0 aliphatic carbocycles. The zero-order chi connectivity index (χ0) is 9.84. The zero-order valence-electron chi connectivity index (χ0n) is 7.08. The van der Waals surface area contributed by atoms with Gasteiger partial charge in [-0.2, -0.15) is 5.26 Å². The SMILES string of the molecule is CN=Cc1cc(C#N)cc(F)c1N. The van der Waals surface area contributed by atoms with Gasteiger partial charge in [-0.05, 0) is 12.1 Å². The van der Waals surface area contributed by atoms with E-state index in [1.54, 1.807) is 7.05 Å². The lowest BCUT2D eigenvalue weighted by Crippen LogP contribution is -1.98. The van der Waals surface area contributed by atoms with Crippen LogP contribution in [0.1, 0.15) is 11.1 Å². The number of hydrogen-bond donors (Lipinski definition) is 1. The standard InChI is InChI=1S/C9H8FN3/c1-13-5-7-2-6(4-11)3-8(10)9(7)12/h2-3,5H,12H2,1H3. The maximum atomic E-state index is 13.0. The Kier molecular flexibility index (Phi) is 2.60. The molecule has 4 heteroatoms. The van der Waals surface area contributed by atoms with E-state index in [-0.39, 0.29) is 11.3 Å². The second-order valence-electron chi connectivity index (χ2n) is 2.46. The molecular formula is C9H8FN3. The largest absolute Gasteiger partial charge is 0.396 e. The van der Waals surface area contributed by atoms with Crippen LogP contribution in [0.5, 0.6) is 0 Å². The minimum Gasteiger partial charge on any atom is -0.396 e. The predicted molar refractivity (Wildman–Crippen MR) is 49.0 cm³/mol. The molecule has 0 aromatic heterocycles. The van der Waals surface area contributed by atoms with Gasteiger partial charge in [0.25, 0.3) is 0 Å². The fraction of sp³-hybridized carbons (Fsp3) is 0.111. The van der Waals surface area contributed by atoms with Gasteiger partial charge in [0, 0.05) is 18.8 Å². The Morgan fingerprint density at radius 1 is 1.62 bits per heavy atom. The number of rotatable bonds is 1. The third kappa shape index (κ3) is 1.82. The first-order valence-electron chi connectivity index (χ1n) is 3.60. The van der Waals surface area contributed by atoms with Gasteiger partial charge in [-0.3, -0.25) is 4.99 Å². The number of anilines is 1. The van der Waals surface area contributed by atoms with Crippen LogP contribution in [0.2, 0.25) is 0 Å². The molecule has 0 radical (unpaired) electrons. The van der Waals surface area contributed by atoms with Crippen LogP contribution in [0.15, 0.2) is 17.1 Å². The number of benzene rings is 1. The summed E-state index contributed by atoms with van der Waals surface area (Å²) in [5, 5.41) is 8.54. The van der Waals surface area contributed by atoms with Crippen LogP contribution < -0.4 is 5.73 Å². The molecule has 0 fully saturated rings. The van der Waals surface area contributed by atoms with Crippen molar-refractivity contribution in [2.24, 2.45) is 4.99 Å². The van der Waals surface area contributed by atoms with Gasteiger partial charge in [-0.1, -0.05) is 0 Å². The van der Waals surface area contributed by atoms with E-state index in [0.717, 1.165) is 6.07 Å². The number of aliphatic imine (C=N–C) groups is 1. The molecule has 0 spiro atoms. The van der Waals surface area contributed by atoms with Crippen LogP contribution in [-0.4, -0.2) is 13.3 Å². The summed E-state index contributed by atoms with van der Waals surface area (Å²) < 4.78 is 13.0. The zero-order valence-corrected chi connectivity index (χ0v) is 7.08. The number of nitrogens with zero attached hydrogens (tertiary/aromatic N) is 2. The lowest BCUT2D eigenvalue weighted by Gasteiger charge is -2.01. The summed E-state index contributed by atoms with van der Waals surface area (Å²) in [5.41, 5.74) is 6.10. The van der Waals surface area contributed by atoms with Crippen molar-refractivity contribution in [2.75, 3.05) is 12.8 Å². The van der Waals surface area contributed by atoms with E-state index >= 15 is 0 Å². The van der Waals surface area contributed by atoms with Crippen LogP contribution in [-0.2, 0) is 0 Å². The number of hydrogen-bond acceptors (Lipinski definition) is 3. The quantitative estimate of drug-likeness (QED) is 0.519. The molecular weight excluding hydrogens is 169 g/mol. The smallest absolute Gasteiger partial charge is 0.148 e. The third-order valence-electron chi connectivity index (χ3n) is 1.56. The Bertz CT molecular complexity index is 391. The second kappa shape index (κ2) is 3.68. The maximum absolute atomic E-state index is 13.0. The van der Waals surface area contributed by atoms with Crippen molar-refractivity contribution in [3.63, 3.8) is 0 Å². The molecule has 13 heavy (non-hydrogen) atoms. The van der Waals surface area contributed by atoms with Crippen molar-refractivity contribution >= 4 is 11.9 Å². The first kappa shape index (κ1) is 9.20. The van der Waals surface area contributed by atoms with Crippen molar-refractivity contribution in [1.82, 2.24) is 0 Å². The van der Waals surface area contributed by atoms with E-state index < -0.39 is 5.82 Å². The minimum absolute atomic E-state index is 0.0181. The fourth-order valence-electron chi connectivity index (χ4n) is 0.950. The van der Waals surface area contributed by atoms with E-state index in [1.807, 2.05) is 6.07 Å². The molecule has 0 aliphatic heterocycles. The predicted octanol–water partition coefficient (Wildman–Crippen LogP) is 1.33. The highest BCUT2D eigenvalue weighted by Gasteiger charge is 2.05. The van der Waals surface area contributed by atoms with Crippen molar-refractivity contribution in [2.45, 2.75) is 0 Å². The molecule has 1 rings (SSSR count). The first-order valence-corrected chi connectivity index (χ1v) is 3.60. The number of halogens is 1. The van der Waals surface area contributed by atoms with E-state index in [0.29, 0.717) is 5.56 Å². The number of nitrogens with two attached hydrogens (primary N) is 1. The van der Waals surface area contributed by atoms with Gasteiger partial charge in [0.1, 0.15) is 5.82 Å². The molecule has 0 heterocycles. The Labute approximate surface area is 75.3 Å². The van der Waals surface area contributed by atoms with Crippen molar-refractivity contribution < 1.29 is 4.39 Å². The van der Waals surface area contributed by atoms with E-state index in [2.05, 4.69) is 4.99 Å². The first-order chi connectivity index (χ1) is 6.19. The number of nitrogen functional groups attached to an aromatic ring is 1. The summed E-state index contributed by atoms with van der Waals surface area (Å²) in [6, 6.07) is 4.43. The molecule has 2 N–H and O–H groups in total. The van der Waals surface area contributed by atoms with Crippen LogP contribution >= 0.6 is 0 Å². The van der Waals surface area contributed by atoms with Crippen molar-refractivity contribution in [3.8, 4) is 6.07 Å². The molecule has 1 aromatic rings. The normalized spacial score (nSPS) is 10.2. The summed E-state index contributed by atoms with van der Waals surface area (Å²) in [5.74, 6) is -0.589. The highest BCUT2D eigenvalue weighted by atomic mass is 19.1. The lowest BCUT2D eigenvalue weighted by molar-refractivity contribution is 0.632. The lowest BCUT2D eigenvalue weighted by atomic mass is 10.1. The highest BCUT2D eigenvalue weighted by molar-refractivity contribution is 5.87. The summed E-state index contributed by atoms with van der Waals surface area (Å²) in [4.78, 5) is 3.70. The monoisotopic (exact) mass is 177 g/mol. The van der Waals surface area contributed by atoms with Gasteiger partial charge in [0.05, 0.1) is 17.3 Å². The van der Waals surface area contributed by atoms with Gasteiger partial charge in [0.2, 0.25) is 0 Å². The average molecular weight is 177 g/mol. The Morgan fingerprint density at radius 2 is 2.31 bits per heavy atom. The summed E-state index contributed by atoms with van der Waals surface area (Å²) in [6.07, 6.45) is 1.42. The van der Waals surface area contributed by atoms with Crippen molar-refractivity contribution in [3.05, 3.63) is 29.1 Å². The van der Waals surface area contributed by atoms with Gasteiger partial charge in [0.15, 0.2) is 0 Å². The van der Waals surface area contributed by atoms with E-state index in [4.69, 9.17) is 11.0 Å². The average Bonchev–Trinajstić information content (AvgIpc) is 2.13. The van der Waals surface area contributed by atoms with Crippen LogP contribution in [0, 0.1) is 17.1 Å². The molecule has 0 amide bonds. The van der Waals surface area contributed by atoms with Gasteiger partial charge >= 0.3 is 0 Å². The molecule has 3 nitrogen and oxygen atoms in total. The van der Waals surface area contributed by atoms with Gasteiger partial charge in [-0.25, -0.2) is 4.39 Å². The molecule has 66 valence electrons. The molecule has 0 atom stereocenters. The molecule has 0 unspecified atom stereocenters. The third-order valence-corrected chi connectivity index (χ3v) is 1.56.